The minimum Gasteiger partial charge on any atom is -0.383 e. The maximum atomic E-state index is 13.2. The number of carbonyl (C=O) groups excluding carboxylic acids is 2. The first-order chi connectivity index (χ1) is 18.4. The Bertz CT molecular complexity index is 1520. The number of Topliss-reactive ketones (excluding diaryl/α,β-unsaturated/α-hetero) is 1. The van der Waals surface area contributed by atoms with E-state index in [1.807, 2.05) is 0 Å². The third kappa shape index (κ3) is 4.89. The van der Waals surface area contributed by atoms with Crippen LogP contribution in [0, 0.1) is 23.2 Å². The molecule has 12 heteroatoms. The van der Waals surface area contributed by atoms with Crippen LogP contribution < -0.4 is 11.5 Å². The number of alkyl halides is 3. The first-order valence-corrected chi connectivity index (χ1v) is 12.8. The molecule has 5 rings (SSSR count). The van der Waals surface area contributed by atoms with Crippen molar-refractivity contribution in [3.05, 3.63) is 52.3 Å². The number of rotatable bonds is 6. The second kappa shape index (κ2) is 9.75. The van der Waals surface area contributed by atoms with E-state index >= 15 is 0 Å². The smallest absolute Gasteiger partial charge is 0.383 e. The number of ketones is 1. The van der Waals surface area contributed by atoms with E-state index in [0.717, 1.165) is 38.2 Å². The summed E-state index contributed by atoms with van der Waals surface area (Å²) >= 11 is 6.03. The molecule has 2 aliphatic carbocycles. The monoisotopic (exact) mass is 558 g/mol. The lowest BCUT2D eigenvalue weighted by Gasteiger charge is -2.45. The molecule has 1 spiro atoms. The maximum Gasteiger partial charge on any atom is 0.417 e. The van der Waals surface area contributed by atoms with Gasteiger partial charge >= 0.3 is 6.18 Å². The Hall–Kier alpha value is -3.78. The predicted molar refractivity (Wildman–Crippen MR) is 138 cm³/mol. The first kappa shape index (κ1) is 26.8. The molecule has 1 aromatic carbocycles. The highest BCUT2D eigenvalue weighted by molar-refractivity contribution is 6.32. The topological polar surface area (TPSA) is 122 Å². The molecule has 0 radical (unpaired) electrons. The summed E-state index contributed by atoms with van der Waals surface area (Å²) < 4.78 is 42.7. The summed E-state index contributed by atoms with van der Waals surface area (Å²) in [5.41, 5.74) is 12.1. The molecule has 0 bridgehead atoms. The van der Waals surface area contributed by atoms with Crippen LogP contribution in [0.5, 0.6) is 0 Å². The van der Waals surface area contributed by atoms with Gasteiger partial charge in [0.05, 0.1) is 29.4 Å². The standard InChI is InChI=1S/C27H26ClF3N6O2/c1-2-4-20(38)15-7-8-26(9-15)10-18(11-26)37-24(32)21(25(33)39)23(35-37)17-12-34-36(14-17)13-16-5-3-6-19(22(16)28)27(29,30)31/h3,5-6,12,14-15,18H,7-11,13,32H2,1H3,(H2,33,39). The third-order valence-electron chi connectivity index (χ3n) is 7.82. The molecule has 2 aliphatic rings. The molecule has 39 heavy (non-hydrogen) atoms. The van der Waals surface area contributed by atoms with Crippen LogP contribution in [0.3, 0.4) is 0 Å². The van der Waals surface area contributed by atoms with E-state index in [-0.39, 0.29) is 52.3 Å². The van der Waals surface area contributed by atoms with Crippen LogP contribution in [0.15, 0.2) is 30.6 Å². The Morgan fingerprint density at radius 1 is 1.26 bits per heavy atom. The van der Waals surface area contributed by atoms with E-state index in [1.165, 1.54) is 23.0 Å². The highest BCUT2D eigenvalue weighted by Crippen LogP contribution is 2.60. The zero-order valence-corrected chi connectivity index (χ0v) is 21.8. The fraction of sp³-hybridized carbons (Fsp3) is 0.407. The lowest BCUT2D eigenvalue weighted by Crippen LogP contribution is -2.38. The second-order valence-electron chi connectivity index (χ2n) is 10.4. The predicted octanol–water partition coefficient (Wildman–Crippen LogP) is 4.86. The molecule has 204 valence electrons. The van der Waals surface area contributed by atoms with E-state index in [2.05, 4.69) is 22.0 Å². The van der Waals surface area contributed by atoms with Crippen molar-refractivity contribution in [3.63, 3.8) is 0 Å². The summed E-state index contributed by atoms with van der Waals surface area (Å²) in [6.45, 7) is 1.62. The number of benzene rings is 1. The average Bonchev–Trinajstić information content (AvgIpc) is 3.56. The van der Waals surface area contributed by atoms with E-state index in [1.54, 1.807) is 17.8 Å². The van der Waals surface area contributed by atoms with Crippen LogP contribution in [-0.4, -0.2) is 31.3 Å². The summed E-state index contributed by atoms with van der Waals surface area (Å²) in [5, 5.41) is 8.45. The fourth-order valence-corrected chi connectivity index (χ4v) is 6.27. The molecule has 2 heterocycles. The van der Waals surface area contributed by atoms with Gasteiger partial charge in [0, 0.05) is 17.7 Å². The third-order valence-corrected chi connectivity index (χ3v) is 8.27. The highest BCUT2D eigenvalue weighted by Gasteiger charge is 2.51. The summed E-state index contributed by atoms with van der Waals surface area (Å²) in [4.78, 5) is 24.6. The van der Waals surface area contributed by atoms with Crippen LogP contribution in [-0.2, 0) is 17.5 Å². The Labute approximate surface area is 227 Å². The van der Waals surface area contributed by atoms with Crippen molar-refractivity contribution in [1.82, 2.24) is 19.6 Å². The molecule has 1 unspecified atom stereocenters. The van der Waals surface area contributed by atoms with Crippen molar-refractivity contribution in [1.29, 1.82) is 0 Å². The molecule has 1 amide bonds. The largest absolute Gasteiger partial charge is 0.417 e. The van der Waals surface area contributed by atoms with E-state index in [0.29, 0.717) is 5.56 Å². The molecule has 2 aromatic heterocycles. The van der Waals surface area contributed by atoms with Crippen LogP contribution in [0.2, 0.25) is 5.02 Å². The van der Waals surface area contributed by atoms with Crippen molar-refractivity contribution < 1.29 is 22.8 Å². The average molecular weight is 559 g/mol. The summed E-state index contributed by atoms with van der Waals surface area (Å²) in [6.07, 6.45) is 2.47. The number of halogens is 4. The molecule has 2 saturated carbocycles. The Morgan fingerprint density at radius 2 is 2.00 bits per heavy atom. The first-order valence-electron chi connectivity index (χ1n) is 12.4. The zero-order valence-electron chi connectivity index (χ0n) is 21.1. The van der Waals surface area contributed by atoms with Crippen LogP contribution in [0.25, 0.3) is 11.3 Å². The van der Waals surface area contributed by atoms with Crippen molar-refractivity contribution >= 4 is 29.1 Å². The number of anilines is 1. The Morgan fingerprint density at radius 3 is 2.67 bits per heavy atom. The van der Waals surface area contributed by atoms with Gasteiger partial charge in [-0.1, -0.05) is 29.7 Å². The van der Waals surface area contributed by atoms with Crippen LogP contribution in [0.1, 0.15) is 66.6 Å². The minimum atomic E-state index is -4.58. The number of hydrogen-bond acceptors (Lipinski definition) is 5. The lowest BCUT2D eigenvalue weighted by atomic mass is 9.64. The van der Waals surface area contributed by atoms with Gasteiger partial charge in [-0.3, -0.25) is 14.3 Å². The summed E-state index contributed by atoms with van der Waals surface area (Å²) in [6, 6.07) is 3.64. The SMILES string of the molecule is CC#CC(=O)C1CCC2(C1)CC(n1nc(-c3cnn(Cc4cccc(C(F)(F)F)c4Cl)c3)c(C(N)=O)c1N)C2. The van der Waals surface area contributed by atoms with E-state index < -0.39 is 22.7 Å². The quantitative estimate of drug-likeness (QED) is 0.330. The molecule has 0 aliphatic heterocycles. The number of carbonyl (C=O) groups is 2. The maximum absolute atomic E-state index is 13.2. The van der Waals surface area contributed by atoms with Gasteiger partial charge < -0.3 is 11.5 Å². The van der Waals surface area contributed by atoms with Gasteiger partial charge in [-0.25, -0.2) is 4.68 Å². The fourth-order valence-electron chi connectivity index (χ4n) is 5.98. The van der Waals surface area contributed by atoms with E-state index in [4.69, 9.17) is 23.1 Å². The molecule has 0 saturated heterocycles. The van der Waals surface area contributed by atoms with Gasteiger partial charge in [-0.15, -0.1) is 0 Å². The van der Waals surface area contributed by atoms with Gasteiger partial charge in [-0.05, 0) is 62.0 Å². The second-order valence-corrected chi connectivity index (χ2v) is 10.7. The van der Waals surface area contributed by atoms with Crippen molar-refractivity contribution in [2.45, 2.75) is 57.8 Å². The van der Waals surface area contributed by atoms with E-state index in [9.17, 15) is 22.8 Å². The lowest BCUT2D eigenvalue weighted by molar-refractivity contribution is -0.137. The van der Waals surface area contributed by atoms with Gasteiger partial charge in [0.1, 0.15) is 17.1 Å². The Balaban J connectivity index is 1.37. The van der Waals surface area contributed by atoms with Gasteiger partial charge in [0.15, 0.2) is 0 Å². The molecular formula is C27H26ClF3N6O2. The Kier molecular flexibility index (Phi) is 6.71. The number of aromatic nitrogens is 4. The normalized spacial score (nSPS) is 22.4. The van der Waals surface area contributed by atoms with Crippen LogP contribution in [0.4, 0.5) is 19.0 Å². The zero-order chi connectivity index (χ0) is 28.1. The van der Waals surface area contributed by atoms with Crippen molar-refractivity contribution in [2.24, 2.45) is 17.1 Å². The van der Waals surface area contributed by atoms with Gasteiger partial charge in [0.2, 0.25) is 5.78 Å². The summed E-state index contributed by atoms with van der Waals surface area (Å²) in [7, 11) is 0. The van der Waals surface area contributed by atoms with Crippen molar-refractivity contribution in [3.8, 4) is 23.1 Å². The molecule has 3 aromatic rings. The summed E-state index contributed by atoms with van der Waals surface area (Å²) in [5.74, 6) is 4.66. The van der Waals surface area contributed by atoms with Gasteiger partial charge in [0.25, 0.3) is 5.91 Å². The number of primary amides is 1. The number of nitrogens with two attached hydrogens (primary N) is 2. The number of amides is 1. The minimum absolute atomic E-state index is 0.0156. The van der Waals surface area contributed by atoms with Crippen LogP contribution >= 0.6 is 11.6 Å². The molecule has 1 atom stereocenters. The highest BCUT2D eigenvalue weighted by atomic mass is 35.5. The number of nitrogens with zero attached hydrogens (tertiary/aromatic N) is 4. The molecular weight excluding hydrogens is 533 g/mol. The molecule has 4 N–H and O–H groups in total. The number of nitrogen functional groups attached to an aromatic ring is 1. The molecule has 2 fully saturated rings. The number of hydrogen-bond donors (Lipinski definition) is 2. The van der Waals surface area contributed by atoms with Crippen molar-refractivity contribution in [2.75, 3.05) is 5.73 Å². The van der Waals surface area contributed by atoms with Gasteiger partial charge in [-0.2, -0.15) is 23.4 Å². The molecule has 8 nitrogen and oxygen atoms in total.